The van der Waals surface area contributed by atoms with Gasteiger partial charge in [0.05, 0.1) is 7.11 Å². The zero-order valence-corrected chi connectivity index (χ0v) is 11.6. The van der Waals surface area contributed by atoms with Gasteiger partial charge >= 0.3 is 0 Å². The molecule has 0 heterocycles. The van der Waals surface area contributed by atoms with Crippen molar-refractivity contribution in [3.8, 4) is 5.75 Å². The van der Waals surface area contributed by atoms with Gasteiger partial charge in [-0.15, -0.1) is 0 Å². The summed E-state index contributed by atoms with van der Waals surface area (Å²) in [5.74, 6) is -0.996. The van der Waals surface area contributed by atoms with Crippen LogP contribution in [-0.2, 0) is 5.60 Å². The first-order valence-corrected chi connectivity index (χ1v) is 6.18. The van der Waals surface area contributed by atoms with Crippen LogP contribution in [0.2, 0.25) is 0 Å². The molecule has 0 radical (unpaired) electrons. The van der Waals surface area contributed by atoms with Gasteiger partial charge in [-0.05, 0) is 43.7 Å². The summed E-state index contributed by atoms with van der Waals surface area (Å²) in [6.07, 6.45) is 0. The Morgan fingerprint density at radius 1 is 1.05 bits per heavy atom. The molecule has 0 saturated carbocycles. The first-order valence-electron chi connectivity index (χ1n) is 6.18. The van der Waals surface area contributed by atoms with Crippen LogP contribution in [0.3, 0.4) is 0 Å². The number of benzene rings is 2. The number of rotatable bonds is 3. The summed E-state index contributed by atoms with van der Waals surface area (Å²) in [7, 11) is 1.48. The average Bonchev–Trinajstić information content (AvgIpc) is 2.37. The Kier molecular flexibility index (Phi) is 3.77. The molecule has 1 N–H and O–H groups in total. The van der Waals surface area contributed by atoms with Gasteiger partial charge in [0.15, 0.2) is 0 Å². The molecule has 0 aliphatic heterocycles. The Morgan fingerprint density at radius 3 is 2.20 bits per heavy atom. The number of halogens is 2. The summed E-state index contributed by atoms with van der Waals surface area (Å²) >= 11 is 0. The van der Waals surface area contributed by atoms with Gasteiger partial charge in [-0.3, -0.25) is 0 Å². The van der Waals surface area contributed by atoms with Crippen LogP contribution in [0.1, 0.15) is 23.6 Å². The molecule has 4 heteroatoms. The Hall–Kier alpha value is -1.94. The second-order valence-corrected chi connectivity index (χ2v) is 4.93. The fraction of sp³-hybridized carbons (Fsp3) is 0.250. The third-order valence-corrected chi connectivity index (χ3v) is 3.30. The van der Waals surface area contributed by atoms with Crippen LogP contribution in [0.4, 0.5) is 8.78 Å². The van der Waals surface area contributed by atoms with Crippen molar-refractivity contribution >= 4 is 0 Å². The van der Waals surface area contributed by atoms with Crippen molar-refractivity contribution < 1.29 is 18.6 Å². The summed E-state index contributed by atoms with van der Waals surface area (Å²) in [6.45, 7) is 3.35. The van der Waals surface area contributed by atoms with Gasteiger partial charge in [0.2, 0.25) is 0 Å². The van der Waals surface area contributed by atoms with E-state index in [-0.39, 0.29) is 5.56 Å². The van der Waals surface area contributed by atoms with E-state index < -0.39 is 17.2 Å². The van der Waals surface area contributed by atoms with E-state index in [1.54, 1.807) is 12.1 Å². The van der Waals surface area contributed by atoms with Gasteiger partial charge in [0.1, 0.15) is 23.0 Å². The number of hydrogen-bond donors (Lipinski definition) is 1. The lowest BCUT2D eigenvalue weighted by molar-refractivity contribution is 0.0981. The molecular weight excluding hydrogens is 262 g/mol. The molecule has 0 saturated heterocycles. The monoisotopic (exact) mass is 278 g/mol. The van der Waals surface area contributed by atoms with E-state index in [1.165, 1.54) is 14.0 Å². The molecule has 20 heavy (non-hydrogen) atoms. The molecule has 0 aromatic heterocycles. The molecular formula is C16H16F2O2. The number of aliphatic hydroxyl groups is 1. The third kappa shape index (κ3) is 2.65. The predicted octanol–water partition coefficient (Wildman–Crippen LogP) is 3.54. The maximum absolute atomic E-state index is 13.4. The van der Waals surface area contributed by atoms with Crippen LogP contribution in [0.15, 0.2) is 36.4 Å². The fourth-order valence-corrected chi connectivity index (χ4v) is 2.19. The van der Waals surface area contributed by atoms with Gasteiger partial charge in [-0.25, -0.2) is 8.78 Å². The van der Waals surface area contributed by atoms with Gasteiger partial charge in [-0.2, -0.15) is 0 Å². The number of methoxy groups -OCH3 is 1. The number of hydrogen-bond acceptors (Lipinski definition) is 2. The molecule has 0 bridgehead atoms. The van der Waals surface area contributed by atoms with E-state index in [0.717, 1.165) is 23.8 Å². The third-order valence-electron chi connectivity index (χ3n) is 3.30. The van der Waals surface area contributed by atoms with Crippen molar-refractivity contribution in [1.82, 2.24) is 0 Å². The Labute approximate surface area is 116 Å². The highest BCUT2D eigenvalue weighted by Crippen LogP contribution is 2.36. The molecule has 1 atom stereocenters. The first-order chi connectivity index (χ1) is 9.34. The smallest absolute Gasteiger partial charge is 0.126 e. The Balaban J connectivity index is 2.62. The molecule has 0 aliphatic carbocycles. The maximum Gasteiger partial charge on any atom is 0.126 e. The van der Waals surface area contributed by atoms with Crippen LogP contribution in [-0.4, -0.2) is 12.2 Å². The molecule has 0 aliphatic rings. The van der Waals surface area contributed by atoms with Gasteiger partial charge in [0, 0.05) is 11.6 Å². The average molecular weight is 278 g/mol. The molecule has 0 spiro atoms. The lowest BCUT2D eigenvalue weighted by Gasteiger charge is -2.27. The second kappa shape index (κ2) is 5.21. The van der Waals surface area contributed by atoms with E-state index in [4.69, 9.17) is 4.74 Å². The summed E-state index contributed by atoms with van der Waals surface area (Å²) in [4.78, 5) is 0. The topological polar surface area (TPSA) is 29.5 Å². The second-order valence-electron chi connectivity index (χ2n) is 4.93. The molecule has 0 fully saturated rings. The highest BCUT2D eigenvalue weighted by atomic mass is 19.1. The lowest BCUT2D eigenvalue weighted by Crippen LogP contribution is -2.24. The maximum atomic E-state index is 13.4. The minimum Gasteiger partial charge on any atom is -0.496 e. The SMILES string of the molecule is COc1ccc(C)cc1C(C)(O)c1cc(F)cc(F)c1. The van der Waals surface area contributed by atoms with Crippen molar-refractivity contribution in [2.24, 2.45) is 0 Å². The molecule has 2 nitrogen and oxygen atoms in total. The fourth-order valence-electron chi connectivity index (χ4n) is 2.19. The van der Waals surface area contributed by atoms with Crippen molar-refractivity contribution in [2.75, 3.05) is 7.11 Å². The minimum absolute atomic E-state index is 0.138. The highest BCUT2D eigenvalue weighted by Gasteiger charge is 2.30. The van der Waals surface area contributed by atoms with Gasteiger partial charge < -0.3 is 9.84 Å². The van der Waals surface area contributed by atoms with Gasteiger partial charge in [0.25, 0.3) is 0 Å². The van der Waals surface area contributed by atoms with E-state index in [1.807, 2.05) is 13.0 Å². The largest absolute Gasteiger partial charge is 0.496 e. The highest BCUT2D eigenvalue weighted by molar-refractivity contribution is 5.46. The van der Waals surface area contributed by atoms with Gasteiger partial charge in [-0.1, -0.05) is 11.6 Å². The van der Waals surface area contributed by atoms with Crippen LogP contribution >= 0.6 is 0 Å². The summed E-state index contributed by atoms with van der Waals surface area (Å²) in [5.41, 5.74) is -0.0397. The zero-order valence-electron chi connectivity index (χ0n) is 11.6. The predicted molar refractivity (Wildman–Crippen MR) is 72.8 cm³/mol. The van der Waals surface area contributed by atoms with Crippen LogP contribution < -0.4 is 4.74 Å². The number of ether oxygens (including phenoxy) is 1. The van der Waals surface area contributed by atoms with Crippen LogP contribution in [0.5, 0.6) is 5.75 Å². The molecule has 0 amide bonds. The van der Waals surface area contributed by atoms with Crippen LogP contribution in [0, 0.1) is 18.6 Å². The Bertz CT molecular complexity index is 616. The molecule has 1 unspecified atom stereocenters. The summed E-state index contributed by atoms with van der Waals surface area (Å²) < 4.78 is 31.9. The Morgan fingerprint density at radius 2 is 1.65 bits per heavy atom. The minimum atomic E-state index is -1.56. The van der Waals surface area contributed by atoms with Crippen molar-refractivity contribution in [3.05, 3.63) is 64.7 Å². The summed E-state index contributed by atoms with van der Waals surface area (Å²) in [5, 5.41) is 10.7. The first kappa shape index (κ1) is 14.5. The standard InChI is InChI=1S/C16H16F2O2/c1-10-4-5-15(20-3)14(6-10)16(2,19)11-7-12(17)9-13(18)8-11/h4-9,19H,1-3H3. The van der Waals surface area contributed by atoms with Crippen molar-refractivity contribution in [3.63, 3.8) is 0 Å². The summed E-state index contributed by atoms with van der Waals surface area (Å²) in [6, 6.07) is 8.30. The van der Waals surface area contributed by atoms with E-state index >= 15 is 0 Å². The molecule has 2 aromatic carbocycles. The van der Waals surface area contributed by atoms with E-state index in [9.17, 15) is 13.9 Å². The van der Waals surface area contributed by atoms with E-state index in [0.29, 0.717) is 11.3 Å². The quantitative estimate of drug-likeness (QED) is 0.930. The molecule has 2 aromatic rings. The normalized spacial score (nSPS) is 13.9. The van der Waals surface area contributed by atoms with Crippen molar-refractivity contribution in [2.45, 2.75) is 19.4 Å². The lowest BCUT2D eigenvalue weighted by atomic mass is 9.86. The zero-order chi connectivity index (χ0) is 14.9. The number of aryl methyl sites for hydroxylation is 1. The van der Waals surface area contributed by atoms with E-state index in [2.05, 4.69) is 0 Å². The molecule has 106 valence electrons. The van der Waals surface area contributed by atoms with Crippen LogP contribution in [0.25, 0.3) is 0 Å². The molecule has 2 rings (SSSR count). The van der Waals surface area contributed by atoms with Crippen molar-refractivity contribution in [1.29, 1.82) is 0 Å².